The molecule has 0 atom stereocenters. The average Bonchev–Trinajstić information content (AvgIpc) is 2.88. The van der Waals surface area contributed by atoms with E-state index < -0.39 is 0 Å². The Morgan fingerprint density at radius 3 is 2.86 bits per heavy atom. The number of thiophene rings is 1. The molecule has 22 heavy (non-hydrogen) atoms. The molecule has 0 radical (unpaired) electrons. The van der Waals surface area contributed by atoms with Crippen molar-refractivity contribution >= 4 is 27.2 Å². The van der Waals surface area contributed by atoms with Gasteiger partial charge in [0, 0.05) is 17.8 Å². The molecule has 4 heteroatoms. The van der Waals surface area contributed by atoms with Crippen LogP contribution in [0.5, 0.6) is 0 Å². The predicted octanol–water partition coefficient (Wildman–Crippen LogP) is 3.74. The Bertz CT molecular complexity index is 715. The molecule has 1 fully saturated rings. The van der Waals surface area contributed by atoms with Crippen LogP contribution in [-0.4, -0.2) is 36.1 Å². The molecule has 0 saturated carbocycles. The Morgan fingerprint density at radius 1 is 1.41 bits per heavy atom. The number of fused-ring (bicyclic) bond motifs is 1. The molecule has 1 aliphatic rings. The van der Waals surface area contributed by atoms with Crippen molar-refractivity contribution in [2.75, 3.05) is 25.5 Å². The van der Waals surface area contributed by atoms with Crippen LogP contribution in [0.2, 0.25) is 0 Å². The van der Waals surface area contributed by atoms with Gasteiger partial charge >= 0.3 is 0 Å². The zero-order valence-corrected chi connectivity index (χ0v) is 14.4. The second kappa shape index (κ2) is 6.68. The van der Waals surface area contributed by atoms with Crippen LogP contribution < -0.4 is 5.32 Å². The molecule has 0 aromatic carbocycles. The van der Waals surface area contributed by atoms with Crippen molar-refractivity contribution in [3.8, 4) is 11.8 Å². The van der Waals surface area contributed by atoms with E-state index in [1.807, 2.05) is 13.1 Å². The molecule has 2 aromatic heterocycles. The summed E-state index contributed by atoms with van der Waals surface area (Å²) in [6.45, 7) is 6.42. The lowest BCUT2D eigenvalue weighted by Crippen LogP contribution is -2.36. The molecule has 0 amide bonds. The van der Waals surface area contributed by atoms with Crippen LogP contribution in [0.25, 0.3) is 10.2 Å². The van der Waals surface area contributed by atoms with E-state index in [1.165, 1.54) is 46.8 Å². The van der Waals surface area contributed by atoms with Crippen LogP contribution in [0, 0.1) is 11.8 Å². The highest BCUT2D eigenvalue weighted by Crippen LogP contribution is 2.35. The number of piperidine rings is 1. The Hall–Kier alpha value is -1.57. The summed E-state index contributed by atoms with van der Waals surface area (Å²) in [5, 5.41) is 3.75. The minimum absolute atomic E-state index is 0.565. The fraction of sp³-hybridized carbons (Fsp3) is 0.500. The molecule has 3 rings (SSSR count). The maximum absolute atomic E-state index is 4.62. The van der Waals surface area contributed by atoms with E-state index in [0.717, 1.165) is 11.9 Å². The molecule has 1 aliphatic heterocycles. The molecule has 2 aromatic rings. The third-order valence-corrected chi connectivity index (χ3v) is 5.51. The summed E-state index contributed by atoms with van der Waals surface area (Å²) in [4.78, 5) is 8.18. The van der Waals surface area contributed by atoms with Crippen LogP contribution in [0.4, 0.5) is 5.69 Å². The van der Waals surface area contributed by atoms with Gasteiger partial charge in [-0.05, 0) is 52.4 Å². The molecule has 3 heterocycles. The van der Waals surface area contributed by atoms with Crippen molar-refractivity contribution in [3.63, 3.8) is 0 Å². The minimum atomic E-state index is 0.565. The lowest BCUT2D eigenvalue weighted by atomic mass is 10.1. The monoisotopic (exact) mass is 313 g/mol. The van der Waals surface area contributed by atoms with E-state index in [0.29, 0.717) is 6.04 Å². The standard InChI is InChI=1S/C18H23N3S/c1-4-6-16-14(5-2)17-18(22-16)15(7-10-19-17)20-13-8-11-21(3)12-9-13/h7,10,13H,5,8-9,11-12H2,1-3H3,(H,19,20). The number of anilines is 1. The first-order chi connectivity index (χ1) is 10.7. The van der Waals surface area contributed by atoms with Crippen LogP contribution >= 0.6 is 11.3 Å². The van der Waals surface area contributed by atoms with Crippen LogP contribution in [0.1, 0.15) is 37.1 Å². The Kier molecular flexibility index (Phi) is 4.66. The summed E-state index contributed by atoms with van der Waals surface area (Å²) in [5.41, 5.74) is 3.65. The average molecular weight is 313 g/mol. The highest BCUT2D eigenvalue weighted by Gasteiger charge is 2.19. The highest BCUT2D eigenvalue weighted by atomic mass is 32.1. The number of nitrogens with zero attached hydrogens (tertiary/aromatic N) is 2. The zero-order valence-electron chi connectivity index (χ0n) is 13.6. The Labute approximate surface area is 136 Å². The van der Waals surface area contributed by atoms with Crippen LogP contribution in [0.15, 0.2) is 12.3 Å². The van der Waals surface area contributed by atoms with Crippen molar-refractivity contribution in [3.05, 3.63) is 22.7 Å². The van der Waals surface area contributed by atoms with Gasteiger partial charge in [-0.1, -0.05) is 12.8 Å². The van der Waals surface area contributed by atoms with E-state index in [1.54, 1.807) is 11.3 Å². The summed E-state index contributed by atoms with van der Waals surface area (Å²) >= 11 is 1.78. The van der Waals surface area contributed by atoms with E-state index in [2.05, 4.69) is 47.1 Å². The maximum atomic E-state index is 4.62. The van der Waals surface area contributed by atoms with Gasteiger partial charge in [-0.3, -0.25) is 4.98 Å². The Balaban J connectivity index is 1.94. The summed E-state index contributed by atoms with van der Waals surface area (Å²) in [6, 6.07) is 2.68. The SMILES string of the molecule is CC#Cc1sc2c(NC3CCN(C)CC3)ccnc2c1CC. The number of hydrogen-bond acceptors (Lipinski definition) is 4. The molecular weight excluding hydrogens is 290 g/mol. The van der Waals surface area contributed by atoms with Crippen LogP contribution in [0.3, 0.4) is 0 Å². The van der Waals surface area contributed by atoms with Crippen molar-refractivity contribution in [1.29, 1.82) is 0 Å². The van der Waals surface area contributed by atoms with Gasteiger partial charge in [0.15, 0.2) is 0 Å². The summed E-state index contributed by atoms with van der Waals surface area (Å²) in [6.07, 6.45) is 5.31. The van der Waals surface area contributed by atoms with E-state index in [4.69, 9.17) is 0 Å². The topological polar surface area (TPSA) is 28.2 Å². The molecular formula is C18H23N3S. The first-order valence-corrected chi connectivity index (χ1v) is 8.82. The highest BCUT2D eigenvalue weighted by molar-refractivity contribution is 7.20. The fourth-order valence-corrected chi connectivity index (χ4v) is 4.30. The third kappa shape index (κ3) is 2.97. The molecule has 0 aliphatic carbocycles. The predicted molar refractivity (Wildman–Crippen MR) is 95.7 cm³/mol. The van der Waals surface area contributed by atoms with Gasteiger partial charge < -0.3 is 10.2 Å². The molecule has 0 bridgehead atoms. The maximum Gasteiger partial charge on any atom is 0.0875 e. The smallest absolute Gasteiger partial charge is 0.0875 e. The number of aromatic nitrogens is 1. The number of nitrogens with one attached hydrogen (secondary N) is 1. The van der Waals surface area contributed by atoms with Gasteiger partial charge in [-0.25, -0.2) is 0 Å². The van der Waals surface area contributed by atoms with Crippen molar-refractivity contribution in [2.45, 2.75) is 39.2 Å². The quantitative estimate of drug-likeness (QED) is 0.875. The number of hydrogen-bond donors (Lipinski definition) is 1. The lowest BCUT2D eigenvalue weighted by Gasteiger charge is -2.30. The normalized spacial score (nSPS) is 16.5. The molecule has 0 unspecified atom stereocenters. The first kappa shape index (κ1) is 15.3. The Morgan fingerprint density at radius 2 is 2.18 bits per heavy atom. The summed E-state index contributed by atoms with van der Waals surface area (Å²) in [7, 11) is 2.20. The number of rotatable bonds is 3. The van der Waals surface area contributed by atoms with Crippen molar-refractivity contribution < 1.29 is 0 Å². The summed E-state index contributed by atoms with van der Waals surface area (Å²) in [5.74, 6) is 6.28. The van der Waals surface area contributed by atoms with Crippen LogP contribution in [-0.2, 0) is 6.42 Å². The number of pyridine rings is 1. The van der Waals surface area contributed by atoms with Gasteiger partial charge in [0.2, 0.25) is 0 Å². The van der Waals surface area contributed by atoms with Gasteiger partial charge in [0.1, 0.15) is 0 Å². The van der Waals surface area contributed by atoms with E-state index in [-0.39, 0.29) is 0 Å². The lowest BCUT2D eigenvalue weighted by molar-refractivity contribution is 0.264. The molecule has 116 valence electrons. The van der Waals surface area contributed by atoms with E-state index in [9.17, 15) is 0 Å². The first-order valence-electron chi connectivity index (χ1n) is 8.01. The van der Waals surface area contributed by atoms with Crippen molar-refractivity contribution in [1.82, 2.24) is 9.88 Å². The number of likely N-dealkylation sites (tertiary alicyclic amines) is 1. The van der Waals surface area contributed by atoms with Gasteiger partial charge in [0.05, 0.1) is 20.8 Å². The summed E-state index contributed by atoms with van der Waals surface area (Å²) < 4.78 is 1.26. The van der Waals surface area contributed by atoms with Gasteiger partial charge in [-0.2, -0.15) is 0 Å². The molecule has 0 spiro atoms. The van der Waals surface area contributed by atoms with Gasteiger partial charge in [-0.15, -0.1) is 17.3 Å². The molecule has 1 saturated heterocycles. The second-order valence-electron chi connectivity index (χ2n) is 5.90. The fourth-order valence-electron chi connectivity index (χ4n) is 3.07. The molecule has 3 nitrogen and oxygen atoms in total. The van der Waals surface area contributed by atoms with Crippen molar-refractivity contribution in [2.24, 2.45) is 0 Å². The second-order valence-corrected chi connectivity index (χ2v) is 6.92. The largest absolute Gasteiger partial charge is 0.381 e. The third-order valence-electron chi connectivity index (χ3n) is 4.34. The number of aryl methyl sites for hydroxylation is 1. The zero-order chi connectivity index (χ0) is 15.5. The molecule has 1 N–H and O–H groups in total. The minimum Gasteiger partial charge on any atom is -0.381 e. The van der Waals surface area contributed by atoms with E-state index >= 15 is 0 Å². The van der Waals surface area contributed by atoms with Gasteiger partial charge in [0.25, 0.3) is 0 Å².